The summed E-state index contributed by atoms with van der Waals surface area (Å²) in [7, 11) is 2.48. The largest absolute Gasteiger partial charge is 0.493 e. The fraction of sp³-hybridized carbons (Fsp3) is 0.341. The summed E-state index contributed by atoms with van der Waals surface area (Å²) >= 11 is 0. The summed E-state index contributed by atoms with van der Waals surface area (Å²) in [4.78, 5) is 65.3. The zero-order valence-corrected chi connectivity index (χ0v) is 37.0. The van der Waals surface area contributed by atoms with Crippen molar-refractivity contribution in [2.75, 3.05) is 57.2 Å². The first kappa shape index (κ1) is 43.5. The van der Waals surface area contributed by atoms with Crippen molar-refractivity contribution in [1.82, 2.24) is 19.8 Å². The molecule has 0 radical (unpaired) electrons. The number of nitrogens with zero attached hydrogens (tertiary/aromatic N) is 3. The fourth-order valence-electron chi connectivity index (χ4n) is 9.02. The summed E-state index contributed by atoms with van der Waals surface area (Å²) < 4.78 is 65.7. The van der Waals surface area contributed by atoms with Gasteiger partial charge in [0.2, 0.25) is 0 Å². The number of para-hydroxylation sites is 1. The summed E-state index contributed by atoms with van der Waals surface area (Å²) in [6.07, 6.45) is -0.867. The second-order valence-corrected chi connectivity index (χ2v) is 15.6. The van der Waals surface area contributed by atoms with Gasteiger partial charge < -0.3 is 55.5 Å². The number of methoxy groups -OCH3 is 2. The van der Waals surface area contributed by atoms with Crippen LogP contribution in [0.25, 0.3) is 32.8 Å². The van der Waals surface area contributed by atoms with Gasteiger partial charge in [0, 0.05) is 107 Å². The molecule has 6 heterocycles. The fourth-order valence-corrected chi connectivity index (χ4v) is 9.02. The van der Waals surface area contributed by atoms with E-state index >= 15 is 0 Å². The zero-order valence-electron chi connectivity index (χ0n) is 33.9. The van der Waals surface area contributed by atoms with E-state index in [4.69, 9.17) is 18.6 Å². The summed E-state index contributed by atoms with van der Waals surface area (Å²) in [5, 5.41) is 3.88. The van der Waals surface area contributed by atoms with Gasteiger partial charge >= 0.3 is 18.2 Å². The first-order valence-corrected chi connectivity index (χ1v) is 20.1. The second-order valence-electron chi connectivity index (χ2n) is 15.6. The average Bonchev–Trinajstić information content (AvgIpc) is 4.06. The monoisotopic (exact) mass is 979 g/mol. The molecule has 3 aliphatic rings. The van der Waals surface area contributed by atoms with Crippen molar-refractivity contribution in [3.05, 3.63) is 89.8 Å². The van der Waals surface area contributed by atoms with Crippen LogP contribution in [0.3, 0.4) is 0 Å². The van der Waals surface area contributed by atoms with E-state index in [-0.39, 0.29) is 87.6 Å². The Hall–Kier alpha value is -5.11. The topological polar surface area (TPSA) is 162 Å². The number of benzene rings is 3. The summed E-state index contributed by atoms with van der Waals surface area (Å²) in [5.41, 5.74) is -0.588. The number of esters is 1. The molecule has 0 unspecified atom stereocenters. The Balaban J connectivity index is 0.00000529. The SMILES string of the molecule is [CH2-][C@@H]1CN(C(=O)c2cc3cc(NC(=O)c4cc5cccc(OC)c5o4)ccc3[nH]2)c2cc(OC(=O)N3CCC(N4CCCCC4)CC3)c3[nH]c(C(F)(F)F)c(C(=O)OC)c3c21.[Ce]. The van der Waals surface area contributed by atoms with Crippen LogP contribution in [0.1, 0.15) is 80.7 Å². The van der Waals surface area contributed by atoms with Crippen LogP contribution in [-0.4, -0.2) is 96.6 Å². The molecule has 18 heteroatoms. The normalized spacial score (nSPS) is 17.3. The number of anilines is 2. The number of rotatable bonds is 7. The number of nitrogens with one attached hydrogen (secondary N) is 3. The molecule has 2 fully saturated rings. The van der Waals surface area contributed by atoms with Gasteiger partial charge in [-0.25, -0.2) is 9.59 Å². The minimum atomic E-state index is -5.03. The number of carbonyl (C=O) groups excluding carboxylic acids is 4. The molecule has 2 saturated heterocycles. The molecule has 3 aromatic carbocycles. The molecule has 3 amide bonds. The Morgan fingerprint density at radius 2 is 1.66 bits per heavy atom. The molecule has 322 valence electrons. The maximum atomic E-state index is 14.6. The predicted octanol–water partition coefficient (Wildman–Crippen LogP) is 8.49. The minimum Gasteiger partial charge on any atom is -0.493 e. The van der Waals surface area contributed by atoms with Crippen LogP contribution in [-0.2, 0) is 10.9 Å². The van der Waals surface area contributed by atoms with Gasteiger partial charge in [-0.1, -0.05) is 18.6 Å². The van der Waals surface area contributed by atoms with Crippen molar-refractivity contribution in [2.45, 2.75) is 50.2 Å². The van der Waals surface area contributed by atoms with Crippen LogP contribution in [0.2, 0.25) is 0 Å². The van der Waals surface area contributed by atoms with Crippen LogP contribution in [0.5, 0.6) is 11.5 Å². The third-order valence-corrected chi connectivity index (χ3v) is 12.0. The zero-order chi connectivity index (χ0) is 42.7. The number of aromatic amines is 2. The average molecular weight is 980 g/mol. The summed E-state index contributed by atoms with van der Waals surface area (Å²) in [6.45, 7) is 6.91. The first-order valence-electron chi connectivity index (χ1n) is 20.1. The van der Waals surface area contributed by atoms with Gasteiger partial charge in [0.05, 0.1) is 25.3 Å². The molecule has 3 N–H and O–H groups in total. The number of halogens is 3. The maximum absolute atomic E-state index is 14.6. The number of hydrogen-bond donors (Lipinski definition) is 3. The van der Waals surface area contributed by atoms with Gasteiger partial charge in [-0.3, -0.25) is 9.59 Å². The predicted molar refractivity (Wildman–Crippen MR) is 219 cm³/mol. The number of hydrogen-bond acceptors (Lipinski definition) is 9. The van der Waals surface area contributed by atoms with E-state index in [9.17, 15) is 32.3 Å². The number of fused-ring (bicyclic) bond motifs is 5. The van der Waals surface area contributed by atoms with E-state index in [0.29, 0.717) is 52.4 Å². The van der Waals surface area contributed by atoms with E-state index < -0.39 is 47.2 Å². The quantitative estimate of drug-likeness (QED) is 0.105. The van der Waals surface area contributed by atoms with Crippen LogP contribution in [0.15, 0.2) is 59.0 Å². The number of piperidine rings is 2. The van der Waals surface area contributed by atoms with Gasteiger partial charge in [-0.15, -0.1) is 5.92 Å². The van der Waals surface area contributed by atoms with E-state index in [1.54, 1.807) is 48.5 Å². The third-order valence-electron chi connectivity index (χ3n) is 12.0. The van der Waals surface area contributed by atoms with Crippen molar-refractivity contribution in [3.8, 4) is 11.5 Å². The van der Waals surface area contributed by atoms with E-state index in [0.717, 1.165) is 45.9 Å². The van der Waals surface area contributed by atoms with E-state index in [1.807, 2.05) is 0 Å². The molecule has 62 heavy (non-hydrogen) atoms. The van der Waals surface area contributed by atoms with Crippen LogP contribution in [0, 0.1) is 48.7 Å². The number of alkyl halides is 3. The number of H-pyrrole nitrogens is 2. The summed E-state index contributed by atoms with van der Waals surface area (Å²) in [6, 6.07) is 15.2. The van der Waals surface area contributed by atoms with Gasteiger partial charge in [0.1, 0.15) is 11.4 Å². The molecule has 0 saturated carbocycles. The number of amides is 3. The maximum Gasteiger partial charge on any atom is 0.432 e. The smallest absolute Gasteiger partial charge is 0.432 e. The van der Waals surface area contributed by atoms with Gasteiger partial charge in [0.25, 0.3) is 11.8 Å². The number of furan rings is 1. The Morgan fingerprint density at radius 1 is 0.903 bits per heavy atom. The number of aromatic nitrogens is 2. The number of likely N-dealkylation sites (tertiary alicyclic amines) is 2. The Labute approximate surface area is 386 Å². The standard InChI is InChI=1S/C44H42F3N6O8.Ce/c1-23-22-53(41(55)29-19-25-18-26(10-11-28(25)49-29)48-40(54)33-20-24-8-7-9-31(58-2)38(24)60-33)30-21-32(37-35(34(23)30)36(42(56)59-3)39(50-37)44(45,46)47)61-43(57)52-16-12-27(13-17-52)51-14-5-4-6-15-51;/h7-11,18-21,23,27,49-50H,1,4-6,12-17,22H2,2-3H3,(H,48,54);/q-1;/t23-;/m1./s1. The van der Waals surface area contributed by atoms with Gasteiger partial charge in [0.15, 0.2) is 22.8 Å². The van der Waals surface area contributed by atoms with Crippen molar-refractivity contribution >= 4 is 68.0 Å². The van der Waals surface area contributed by atoms with E-state index in [2.05, 4.69) is 27.1 Å². The summed E-state index contributed by atoms with van der Waals surface area (Å²) in [5.74, 6) is -2.87. The molecular weight excluding hydrogens is 938 g/mol. The first-order chi connectivity index (χ1) is 29.3. The Bertz CT molecular complexity index is 2730. The Morgan fingerprint density at radius 3 is 2.37 bits per heavy atom. The second kappa shape index (κ2) is 17.2. The van der Waals surface area contributed by atoms with Crippen molar-refractivity contribution in [2.24, 2.45) is 0 Å². The molecule has 6 aromatic rings. The third kappa shape index (κ3) is 7.92. The molecule has 1 atom stereocenters. The van der Waals surface area contributed by atoms with Crippen LogP contribution >= 0.6 is 0 Å². The van der Waals surface area contributed by atoms with Crippen LogP contribution in [0.4, 0.5) is 29.3 Å². The molecule has 0 bridgehead atoms. The molecule has 0 spiro atoms. The molecule has 9 rings (SSSR count). The van der Waals surface area contributed by atoms with Crippen molar-refractivity contribution in [3.63, 3.8) is 0 Å². The van der Waals surface area contributed by atoms with Gasteiger partial charge in [-0.05, 0) is 80.7 Å². The molecule has 0 aliphatic carbocycles. The number of carbonyl (C=O) groups is 4. The van der Waals surface area contributed by atoms with Gasteiger partial charge in [-0.2, -0.15) is 13.2 Å². The molecule has 3 aromatic heterocycles. The minimum absolute atomic E-state index is 0. The molecular formula is C44H42CeF3N6O8-. The van der Waals surface area contributed by atoms with Crippen LogP contribution < -0.4 is 19.7 Å². The van der Waals surface area contributed by atoms with E-state index in [1.165, 1.54) is 29.4 Å². The van der Waals surface area contributed by atoms with Crippen molar-refractivity contribution < 1.29 is 92.7 Å². The van der Waals surface area contributed by atoms with Crippen molar-refractivity contribution in [1.29, 1.82) is 0 Å². The molecule has 14 nitrogen and oxygen atoms in total. The number of ether oxygens (including phenoxy) is 3. The Kier molecular flexibility index (Phi) is 12.1. The molecule has 3 aliphatic heterocycles.